The Hall–Kier alpha value is -0.770. The predicted molar refractivity (Wildman–Crippen MR) is 62.7 cm³/mol. The molecule has 0 saturated carbocycles. The zero-order valence-electron chi connectivity index (χ0n) is 9.77. The van der Waals surface area contributed by atoms with Gasteiger partial charge in [0.05, 0.1) is 16.6 Å². The largest absolute Gasteiger partial charge is 0.416 e. The molecule has 0 saturated heterocycles. The van der Waals surface area contributed by atoms with E-state index in [9.17, 15) is 30.7 Å². The van der Waals surface area contributed by atoms with Crippen molar-refractivity contribution in [3.63, 3.8) is 0 Å². The first kappa shape index (κ1) is 20.2. The van der Waals surface area contributed by atoms with Crippen LogP contribution in [0.4, 0.5) is 30.7 Å². The molecule has 0 aliphatic carbocycles. The maximum Gasteiger partial charge on any atom is 0.416 e. The lowest BCUT2D eigenvalue weighted by molar-refractivity contribution is -0.211. The second kappa shape index (κ2) is 6.55. The predicted octanol–water partition coefficient (Wildman–Crippen LogP) is 3.84. The van der Waals surface area contributed by atoms with E-state index in [0.29, 0.717) is 12.1 Å². The Balaban J connectivity index is 0.00000400. The Morgan fingerprint density at radius 2 is 1.57 bits per heavy atom. The summed E-state index contributed by atoms with van der Waals surface area (Å²) >= 11 is 5.24. The molecule has 122 valence electrons. The van der Waals surface area contributed by atoms with E-state index in [-0.39, 0.29) is 12.4 Å². The summed E-state index contributed by atoms with van der Waals surface area (Å²) in [6.07, 6.45) is -13.8. The molecule has 3 N–H and O–H groups in total. The molecule has 0 unspecified atom stereocenters. The van der Waals surface area contributed by atoms with Crippen LogP contribution in [0.3, 0.4) is 0 Å². The van der Waals surface area contributed by atoms with Crippen LogP contribution in [0.15, 0.2) is 12.1 Å². The van der Waals surface area contributed by atoms with Crippen molar-refractivity contribution in [3.8, 4) is 0 Å². The smallest absolute Gasteiger partial charge is 0.382 e. The van der Waals surface area contributed by atoms with Gasteiger partial charge in [-0.05, 0) is 12.1 Å². The summed E-state index contributed by atoms with van der Waals surface area (Å²) in [7, 11) is 0. The van der Waals surface area contributed by atoms with Gasteiger partial charge in [0.2, 0.25) is 0 Å². The van der Waals surface area contributed by atoms with Crippen molar-refractivity contribution in [2.75, 3.05) is 0 Å². The Kier molecular flexibility index (Phi) is 6.31. The summed E-state index contributed by atoms with van der Waals surface area (Å²) in [4.78, 5) is 0. The summed E-state index contributed by atoms with van der Waals surface area (Å²) in [5, 5.41) is 8.05. The third-order valence-corrected chi connectivity index (χ3v) is 2.74. The fourth-order valence-electron chi connectivity index (χ4n) is 1.50. The Bertz CT molecular complexity index is 503. The van der Waals surface area contributed by atoms with Gasteiger partial charge in [0.1, 0.15) is 5.82 Å². The summed E-state index contributed by atoms with van der Waals surface area (Å²) in [5.41, 5.74) is 1.66. The van der Waals surface area contributed by atoms with Crippen molar-refractivity contribution in [2.45, 2.75) is 24.5 Å². The van der Waals surface area contributed by atoms with Crippen LogP contribution in [0.5, 0.6) is 0 Å². The van der Waals surface area contributed by atoms with E-state index in [1.165, 1.54) is 0 Å². The molecule has 2 atom stereocenters. The van der Waals surface area contributed by atoms with Crippen LogP contribution in [0.25, 0.3) is 0 Å². The molecule has 11 heteroatoms. The minimum Gasteiger partial charge on any atom is -0.382 e. The lowest BCUT2D eigenvalue weighted by atomic mass is 9.95. The first-order valence-corrected chi connectivity index (χ1v) is 5.30. The molecule has 0 aliphatic heterocycles. The molecule has 0 radical (unpaired) electrons. The molecule has 2 nitrogen and oxygen atoms in total. The molecule has 21 heavy (non-hydrogen) atoms. The number of hydrogen-bond donors (Lipinski definition) is 2. The van der Waals surface area contributed by atoms with Crippen molar-refractivity contribution >= 4 is 24.0 Å². The van der Waals surface area contributed by atoms with Crippen molar-refractivity contribution in [1.29, 1.82) is 0 Å². The van der Waals surface area contributed by atoms with Gasteiger partial charge in [0, 0.05) is 5.56 Å². The highest BCUT2D eigenvalue weighted by Crippen LogP contribution is 2.40. The van der Waals surface area contributed by atoms with E-state index in [2.05, 4.69) is 0 Å². The third kappa shape index (κ3) is 4.35. The van der Waals surface area contributed by atoms with Crippen LogP contribution in [-0.2, 0) is 6.18 Å². The number of aliphatic hydroxyl groups is 1. The lowest BCUT2D eigenvalue weighted by Crippen LogP contribution is -2.40. The van der Waals surface area contributed by atoms with Gasteiger partial charge >= 0.3 is 12.4 Å². The number of aliphatic hydroxyl groups excluding tert-OH is 1. The summed E-state index contributed by atoms with van der Waals surface area (Å²) < 4.78 is 88.4. The van der Waals surface area contributed by atoms with E-state index < -0.39 is 46.5 Å². The number of alkyl halides is 6. The van der Waals surface area contributed by atoms with E-state index >= 15 is 0 Å². The first-order valence-electron chi connectivity index (χ1n) is 4.92. The summed E-state index contributed by atoms with van der Waals surface area (Å²) in [5.74, 6) is -1.75. The molecule has 0 spiro atoms. The summed E-state index contributed by atoms with van der Waals surface area (Å²) in [6.45, 7) is 0. The van der Waals surface area contributed by atoms with Crippen LogP contribution in [-0.4, -0.2) is 17.4 Å². The van der Waals surface area contributed by atoms with Crippen LogP contribution < -0.4 is 5.73 Å². The normalized spacial score (nSPS) is 15.3. The van der Waals surface area contributed by atoms with Gasteiger partial charge in [-0.3, -0.25) is 0 Å². The van der Waals surface area contributed by atoms with Gasteiger partial charge in [0.15, 0.2) is 6.10 Å². The molecule has 1 rings (SSSR count). The lowest BCUT2D eigenvalue weighted by Gasteiger charge is -2.25. The Labute approximate surface area is 125 Å². The molecular formula is C10H8Cl2F7NO. The molecular weight excluding hydrogens is 354 g/mol. The highest BCUT2D eigenvalue weighted by Gasteiger charge is 2.46. The van der Waals surface area contributed by atoms with Crippen molar-refractivity contribution < 1.29 is 35.8 Å². The first-order chi connectivity index (χ1) is 8.87. The van der Waals surface area contributed by atoms with E-state index in [1.807, 2.05) is 0 Å². The second-order valence-electron chi connectivity index (χ2n) is 3.83. The average Bonchev–Trinajstić information content (AvgIpc) is 2.27. The van der Waals surface area contributed by atoms with Gasteiger partial charge in [0.25, 0.3) is 0 Å². The van der Waals surface area contributed by atoms with Gasteiger partial charge in [-0.2, -0.15) is 26.3 Å². The molecule has 0 aromatic heterocycles. The molecule has 0 bridgehead atoms. The number of hydrogen-bond acceptors (Lipinski definition) is 2. The highest BCUT2D eigenvalue weighted by molar-refractivity contribution is 6.30. The van der Waals surface area contributed by atoms with Crippen molar-refractivity contribution in [3.05, 3.63) is 34.1 Å². The minimum absolute atomic E-state index is 0. The molecule has 1 aromatic carbocycles. The van der Waals surface area contributed by atoms with Gasteiger partial charge < -0.3 is 10.8 Å². The highest BCUT2D eigenvalue weighted by atomic mass is 35.5. The fraction of sp³-hybridized carbons (Fsp3) is 0.400. The topological polar surface area (TPSA) is 46.2 Å². The number of rotatable bonds is 2. The molecule has 0 aliphatic rings. The second-order valence-corrected chi connectivity index (χ2v) is 4.24. The van der Waals surface area contributed by atoms with Crippen LogP contribution in [0.2, 0.25) is 5.02 Å². The van der Waals surface area contributed by atoms with E-state index in [4.69, 9.17) is 22.4 Å². The number of benzene rings is 1. The number of halogens is 9. The van der Waals surface area contributed by atoms with Gasteiger partial charge in [-0.1, -0.05) is 11.6 Å². The summed E-state index contributed by atoms with van der Waals surface area (Å²) in [6, 6.07) is -1.83. The van der Waals surface area contributed by atoms with Crippen LogP contribution >= 0.6 is 24.0 Å². The third-order valence-electron chi connectivity index (χ3n) is 2.45. The SMILES string of the molecule is Cl.N[C@H](c1c(C(F)(F)F)ccc(Cl)c1F)[C@@H](O)C(F)(F)F. The van der Waals surface area contributed by atoms with E-state index in [0.717, 1.165) is 0 Å². The van der Waals surface area contributed by atoms with Crippen LogP contribution in [0.1, 0.15) is 17.2 Å². The van der Waals surface area contributed by atoms with Crippen molar-refractivity contribution in [2.24, 2.45) is 5.73 Å². The standard InChI is InChI=1S/C10H7ClF7NO.ClH/c11-4-2-1-3(9(13,14)15)5(6(4)12)7(19)8(20)10(16,17)18;/h1-2,7-8,20H,19H2;1H/t7-,8-;/m1./s1. The average molecular weight is 362 g/mol. The molecule has 1 aromatic rings. The van der Waals surface area contributed by atoms with Crippen LogP contribution in [0, 0.1) is 5.82 Å². The Morgan fingerprint density at radius 3 is 1.95 bits per heavy atom. The van der Waals surface area contributed by atoms with Gasteiger partial charge in [-0.25, -0.2) is 4.39 Å². The zero-order chi connectivity index (χ0) is 15.9. The molecule has 0 fully saturated rings. The molecule has 0 amide bonds. The van der Waals surface area contributed by atoms with Crippen molar-refractivity contribution in [1.82, 2.24) is 0 Å². The number of nitrogens with two attached hydrogens (primary N) is 1. The fourth-order valence-corrected chi connectivity index (χ4v) is 1.67. The van der Waals surface area contributed by atoms with E-state index in [1.54, 1.807) is 0 Å². The Morgan fingerprint density at radius 1 is 1.10 bits per heavy atom. The molecule has 0 heterocycles. The minimum atomic E-state index is -5.31. The van der Waals surface area contributed by atoms with Gasteiger partial charge in [-0.15, -0.1) is 12.4 Å². The monoisotopic (exact) mass is 361 g/mol. The quantitative estimate of drug-likeness (QED) is 0.786. The zero-order valence-corrected chi connectivity index (χ0v) is 11.3. The maximum absolute atomic E-state index is 13.6. The maximum atomic E-state index is 13.6.